The molecule has 0 amide bonds. The molecule has 46 heavy (non-hydrogen) atoms. The van der Waals surface area contributed by atoms with Gasteiger partial charge in [-0.1, -0.05) is 50.2 Å². The van der Waals surface area contributed by atoms with Crippen molar-refractivity contribution in [3.63, 3.8) is 0 Å². The van der Waals surface area contributed by atoms with E-state index in [1.54, 1.807) is 12.1 Å². The van der Waals surface area contributed by atoms with Crippen molar-refractivity contribution in [3.8, 4) is 5.75 Å². The SMILES string of the molecule is CC.CC(F)(F)CN1CCc2cc(OCc3ccccc3)ccc2C1c1c(F)cc(N2CCCC3(CCCNCC3)CC2)cc1F. The first-order chi connectivity index (χ1) is 22.2. The third-order valence-corrected chi connectivity index (χ3v) is 9.81. The number of fused-ring (bicyclic) bond motifs is 1. The van der Waals surface area contributed by atoms with Crippen LogP contribution >= 0.6 is 0 Å². The largest absolute Gasteiger partial charge is 0.489 e. The average Bonchev–Trinajstić information content (AvgIpc) is 3.41. The number of rotatable bonds is 7. The number of ether oxygens (including phenoxy) is 1. The predicted molar refractivity (Wildman–Crippen MR) is 178 cm³/mol. The van der Waals surface area contributed by atoms with Crippen LogP contribution in [0.5, 0.6) is 5.75 Å². The number of hydrogen-bond donors (Lipinski definition) is 1. The Labute approximate surface area is 272 Å². The molecule has 3 aromatic rings. The van der Waals surface area contributed by atoms with E-state index in [1.807, 2.05) is 50.2 Å². The highest BCUT2D eigenvalue weighted by Crippen LogP contribution is 2.43. The van der Waals surface area contributed by atoms with Crippen LogP contribution in [0, 0.1) is 17.0 Å². The predicted octanol–water partition coefficient (Wildman–Crippen LogP) is 8.92. The van der Waals surface area contributed by atoms with Gasteiger partial charge in [-0.25, -0.2) is 17.6 Å². The Morgan fingerprint density at radius 2 is 1.61 bits per heavy atom. The van der Waals surface area contributed by atoms with Gasteiger partial charge in [0.15, 0.2) is 0 Å². The molecule has 2 fully saturated rings. The van der Waals surface area contributed by atoms with Gasteiger partial charge in [0.2, 0.25) is 0 Å². The standard InChI is InChI=1S/C36H43F4N3O.C2H6/c1-35(39,40)25-43-19-11-27-21-29(44-24-26-7-3-2-4-8-26)9-10-30(27)34(43)33-31(37)22-28(23-32(33)38)42-18-6-13-36(15-20-42)12-5-16-41-17-14-36;1-2/h2-4,7-10,21-23,34,41H,5-6,11-20,24-25H2,1H3;1-2H3. The first-order valence-corrected chi connectivity index (χ1v) is 17.1. The van der Waals surface area contributed by atoms with Crippen molar-refractivity contribution < 1.29 is 22.3 Å². The quantitative estimate of drug-likeness (QED) is 0.261. The summed E-state index contributed by atoms with van der Waals surface area (Å²) in [6.45, 7) is 8.48. The molecule has 3 aliphatic heterocycles. The fraction of sp³-hybridized carbons (Fsp3) is 0.526. The molecule has 0 aliphatic carbocycles. The Morgan fingerprint density at radius 1 is 0.870 bits per heavy atom. The number of benzene rings is 3. The molecule has 2 saturated heterocycles. The molecule has 1 N–H and O–H groups in total. The third kappa shape index (κ3) is 8.24. The van der Waals surface area contributed by atoms with Crippen LogP contribution in [0.3, 0.4) is 0 Å². The van der Waals surface area contributed by atoms with E-state index in [2.05, 4.69) is 10.2 Å². The van der Waals surface area contributed by atoms with Crippen LogP contribution in [-0.2, 0) is 13.0 Å². The molecule has 0 saturated carbocycles. The van der Waals surface area contributed by atoms with Gasteiger partial charge in [0.05, 0.1) is 12.6 Å². The van der Waals surface area contributed by atoms with Gasteiger partial charge in [-0.15, -0.1) is 0 Å². The summed E-state index contributed by atoms with van der Waals surface area (Å²) < 4.78 is 67.0. The second-order valence-electron chi connectivity index (χ2n) is 13.1. The first-order valence-electron chi connectivity index (χ1n) is 17.1. The van der Waals surface area contributed by atoms with Crippen LogP contribution < -0.4 is 15.0 Å². The molecule has 0 bridgehead atoms. The lowest BCUT2D eigenvalue weighted by atomic mass is 9.75. The Balaban J connectivity index is 0.00000204. The second-order valence-corrected chi connectivity index (χ2v) is 13.1. The highest BCUT2D eigenvalue weighted by molar-refractivity contribution is 5.52. The summed E-state index contributed by atoms with van der Waals surface area (Å²) in [6, 6.07) is 17.1. The maximum atomic E-state index is 16.1. The lowest BCUT2D eigenvalue weighted by Crippen LogP contribution is -2.43. The second kappa shape index (κ2) is 15.2. The smallest absolute Gasteiger partial charge is 0.257 e. The molecule has 3 aliphatic rings. The van der Waals surface area contributed by atoms with Crippen molar-refractivity contribution >= 4 is 5.69 Å². The number of alkyl halides is 2. The zero-order chi connectivity index (χ0) is 32.7. The van der Waals surface area contributed by atoms with Gasteiger partial charge < -0.3 is 15.0 Å². The Bertz CT molecular complexity index is 1400. The van der Waals surface area contributed by atoms with E-state index in [1.165, 1.54) is 23.5 Å². The van der Waals surface area contributed by atoms with Crippen LogP contribution in [0.25, 0.3) is 0 Å². The summed E-state index contributed by atoms with van der Waals surface area (Å²) in [6.07, 6.45) is 7.09. The molecular formula is C38H49F4N3O. The normalized spacial score (nSPS) is 22.3. The van der Waals surface area contributed by atoms with E-state index in [9.17, 15) is 8.78 Å². The zero-order valence-electron chi connectivity index (χ0n) is 27.6. The molecule has 4 nitrogen and oxygen atoms in total. The summed E-state index contributed by atoms with van der Waals surface area (Å²) in [5.41, 5.74) is 3.16. The maximum Gasteiger partial charge on any atom is 0.257 e. The number of anilines is 1. The summed E-state index contributed by atoms with van der Waals surface area (Å²) >= 11 is 0. The van der Waals surface area contributed by atoms with Crippen LogP contribution in [0.4, 0.5) is 23.2 Å². The molecule has 3 aromatic carbocycles. The highest BCUT2D eigenvalue weighted by atomic mass is 19.3. The zero-order valence-corrected chi connectivity index (χ0v) is 27.6. The number of nitrogens with zero attached hydrogens (tertiary/aromatic N) is 2. The summed E-state index contributed by atoms with van der Waals surface area (Å²) in [7, 11) is 0. The van der Waals surface area contributed by atoms with Gasteiger partial charge in [-0.2, -0.15) is 0 Å². The van der Waals surface area contributed by atoms with Gasteiger partial charge in [-0.05, 0) is 104 Å². The molecule has 0 aromatic heterocycles. The first kappa shape index (κ1) is 34.2. The lowest BCUT2D eigenvalue weighted by Gasteiger charge is -2.39. The van der Waals surface area contributed by atoms with Crippen molar-refractivity contribution in [2.45, 2.75) is 84.3 Å². The summed E-state index contributed by atoms with van der Waals surface area (Å²) in [5, 5.41) is 3.50. The fourth-order valence-corrected chi connectivity index (χ4v) is 7.57. The van der Waals surface area contributed by atoms with E-state index in [0.717, 1.165) is 76.3 Å². The molecule has 250 valence electrons. The van der Waals surface area contributed by atoms with E-state index >= 15 is 8.78 Å². The van der Waals surface area contributed by atoms with Crippen LogP contribution in [0.1, 0.15) is 87.6 Å². The van der Waals surface area contributed by atoms with E-state index in [0.29, 0.717) is 30.0 Å². The van der Waals surface area contributed by atoms with E-state index in [-0.39, 0.29) is 17.5 Å². The van der Waals surface area contributed by atoms with E-state index in [4.69, 9.17) is 4.74 Å². The van der Waals surface area contributed by atoms with Crippen molar-refractivity contribution in [1.29, 1.82) is 0 Å². The minimum Gasteiger partial charge on any atom is -0.489 e. The molecule has 2 atom stereocenters. The number of nitrogens with one attached hydrogen (secondary N) is 1. The minimum atomic E-state index is -3.02. The van der Waals surface area contributed by atoms with Crippen LogP contribution in [0.2, 0.25) is 0 Å². The number of halogens is 4. The van der Waals surface area contributed by atoms with Crippen molar-refractivity contribution in [2.24, 2.45) is 5.41 Å². The topological polar surface area (TPSA) is 27.7 Å². The highest BCUT2D eigenvalue weighted by Gasteiger charge is 2.38. The van der Waals surface area contributed by atoms with Crippen LogP contribution in [0.15, 0.2) is 60.7 Å². The number of hydrogen-bond acceptors (Lipinski definition) is 4. The molecule has 2 unspecified atom stereocenters. The van der Waals surface area contributed by atoms with Gasteiger partial charge in [0.1, 0.15) is 24.0 Å². The van der Waals surface area contributed by atoms with E-state index < -0.39 is 30.1 Å². The minimum absolute atomic E-state index is 0.168. The summed E-state index contributed by atoms with van der Waals surface area (Å²) in [5.74, 6) is -3.76. The maximum absolute atomic E-state index is 16.1. The van der Waals surface area contributed by atoms with Gasteiger partial charge in [0.25, 0.3) is 5.92 Å². The van der Waals surface area contributed by atoms with Gasteiger partial charge in [-0.3, -0.25) is 4.90 Å². The Hall–Kier alpha value is -3.10. The Morgan fingerprint density at radius 3 is 2.35 bits per heavy atom. The molecular weight excluding hydrogens is 590 g/mol. The summed E-state index contributed by atoms with van der Waals surface area (Å²) in [4.78, 5) is 3.62. The van der Waals surface area contributed by atoms with Gasteiger partial charge >= 0.3 is 0 Å². The fourth-order valence-electron chi connectivity index (χ4n) is 7.57. The van der Waals surface area contributed by atoms with Crippen molar-refractivity contribution in [1.82, 2.24) is 10.2 Å². The van der Waals surface area contributed by atoms with Crippen molar-refractivity contribution in [2.75, 3.05) is 44.2 Å². The lowest BCUT2D eigenvalue weighted by molar-refractivity contribution is -0.0245. The van der Waals surface area contributed by atoms with Crippen molar-refractivity contribution in [3.05, 3.63) is 94.6 Å². The monoisotopic (exact) mass is 639 g/mol. The Kier molecular flexibility index (Phi) is 11.3. The molecule has 8 heteroatoms. The molecule has 1 spiro atoms. The molecule has 6 rings (SSSR count). The third-order valence-electron chi connectivity index (χ3n) is 9.81. The van der Waals surface area contributed by atoms with Crippen LogP contribution in [-0.4, -0.2) is 50.1 Å². The molecule has 0 radical (unpaired) electrons. The van der Waals surface area contributed by atoms with Gasteiger partial charge in [0, 0.05) is 37.8 Å². The molecule has 3 heterocycles. The average molecular weight is 640 g/mol.